The molecule has 0 bridgehead atoms. The van der Waals surface area contributed by atoms with E-state index in [-0.39, 0.29) is 0 Å². The van der Waals surface area contributed by atoms with Crippen LogP contribution in [0.4, 0.5) is 5.69 Å². The van der Waals surface area contributed by atoms with E-state index in [2.05, 4.69) is 96.1 Å². The fourth-order valence-corrected chi connectivity index (χ4v) is 3.08. The van der Waals surface area contributed by atoms with Gasteiger partial charge in [0, 0.05) is 17.8 Å². The van der Waals surface area contributed by atoms with Crippen LogP contribution in [0.2, 0.25) is 0 Å². The Labute approximate surface area is 163 Å². The maximum absolute atomic E-state index is 4.14. The molecule has 0 amide bonds. The first kappa shape index (κ1) is 18.9. The van der Waals surface area contributed by atoms with Crippen LogP contribution in [0.15, 0.2) is 97.2 Å². The van der Waals surface area contributed by atoms with Crippen LogP contribution in [0.5, 0.6) is 0 Å². The summed E-state index contributed by atoms with van der Waals surface area (Å²) in [5.74, 6) is 0. The van der Waals surface area contributed by atoms with Gasteiger partial charge < -0.3 is 10.6 Å². The Kier molecular flexibility index (Phi) is 7.25. The molecule has 27 heavy (non-hydrogen) atoms. The molecule has 2 N–H and O–H groups in total. The SMILES string of the molecule is C=C(Cc1ccccc1)Nc1ccc(CCNCCc2ccccc2)cc1. The van der Waals surface area contributed by atoms with E-state index in [9.17, 15) is 0 Å². The molecule has 0 aromatic heterocycles. The normalized spacial score (nSPS) is 10.5. The zero-order valence-electron chi connectivity index (χ0n) is 15.8. The smallest absolute Gasteiger partial charge is 0.0381 e. The second-order valence-corrected chi connectivity index (χ2v) is 6.82. The average Bonchev–Trinajstić information content (AvgIpc) is 2.70. The second kappa shape index (κ2) is 10.3. The van der Waals surface area contributed by atoms with Crippen molar-refractivity contribution in [1.82, 2.24) is 5.32 Å². The summed E-state index contributed by atoms with van der Waals surface area (Å²) in [4.78, 5) is 0. The molecule has 3 aromatic rings. The molecule has 0 aliphatic carbocycles. The van der Waals surface area contributed by atoms with Crippen LogP contribution in [0.3, 0.4) is 0 Å². The van der Waals surface area contributed by atoms with E-state index >= 15 is 0 Å². The van der Waals surface area contributed by atoms with Crippen molar-refractivity contribution in [3.63, 3.8) is 0 Å². The predicted octanol–water partition coefficient (Wildman–Crippen LogP) is 5.23. The van der Waals surface area contributed by atoms with Gasteiger partial charge in [-0.1, -0.05) is 79.4 Å². The van der Waals surface area contributed by atoms with E-state index in [1.807, 2.05) is 6.07 Å². The fraction of sp³-hybridized carbons (Fsp3) is 0.200. The highest BCUT2D eigenvalue weighted by Gasteiger charge is 1.99. The van der Waals surface area contributed by atoms with Crippen molar-refractivity contribution in [1.29, 1.82) is 0 Å². The number of anilines is 1. The Morgan fingerprint density at radius 2 is 1.15 bits per heavy atom. The third-order valence-corrected chi connectivity index (χ3v) is 4.56. The van der Waals surface area contributed by atoms with Crippen LogP contribution in [0.1, 0.15) is 16.7 Å². The molecule has 0 saturated heterocycles. The lowest BCUT2D eigenvalue weighted by Crippen LogP contribution is -2.20. The molecule has 0 atom stereocenters. The van der Waals surface area contributed by atoms with Crippen LogP contribution < -0.4 is 10.6 Å². The molecule has 3 aromatic carbocycles. The molecule has 0 spiro atoms. The third kappa shape index (κ3) is 6.76. The minimum absolute atomic E-state index is 0.841. The predicted molar refractivity (Wildman–Crippen MR) is 116 cm³/mol. The summed E-state index contributed by atoms with van der Waals surface area (Å²) >= 11 is 0. The fourth-order valence-electron chi connectivity index (χ4n) is 3.08. The van der Waals surface area contributed by atoms with Crippen LogP contribution >= 0.6 is 0 Å². The maximum atomic E-state index is 4.14. The second-order valence-electron chi connectivity index (χ2n) is 6.82. The first-order valence-corrected chi connectivity index (χ1v) is 9.62. The highest BCUT2D eigenvalue weighted by Crippen LogP contribution is 2.14. The molecule has 0 heterocycles. The largest absolute Gasteiger partial charge is 0.359 e. The summed E-state index contributed by atoms with van der Waals surface area (Å²) in [6, 6.07) is 29.7. The summed E-state index contributed by atoms with van der Waals surface area (Å²) in [5, 5.41) is 6.93. The summed E-state index contributed by atoms with van der Waals surface area (Å²) < 4.78 is 0. The number of rotatable bonds is 10. The summed E-state index contributed by atoms with van der Waals surface area (Å²) in [6.07, 6.45) is 2.96. The Hall–Kier alpha value is -2.84. The Morgan fingerprint density at radius 3 is 1.74 bits per heavy atom. The van der Waals surface area contributed by atoms with Crippen LogP contribution in [0, 0.1) is 0 Å². The molecular formula is C25H28N2. The number of benzene rings is 3. The standard InChI is InChI=1S/C25H28N2/c1-21(20-24-10-6-3-7-11-24)27-25-14-12-23(13-15-25)17-19-26-18-16-22-8-4-2-5-9-22/h2-15,26-27H,1,16-20H2. The van der Waals surface area contributed by atoms with E-state index in [0.29, 0.717) is 0 Å². The van der Waals surface area contributed by atoms with E-state index in [1.54, 1.807) is 0 Å². The Bertz CT molecular complexity index is 808. The minimum Gasteiger partial charge on any atom is -0.359 e. The highest BCUT2D eigenvalue weighted by molar-refractivity contribution is 5.49. The van der Waals surface area contributed by atoms with Crippen molar-refractivity contribution in [2.75, 3.05) is 18.4 Å². The monoisotopic (exact) mass is 356 g/mol. The molecule has 0 aliphatic heterocycles. The average molecular weight is 357 g/mol. The van der Waals surface area contributed by atoms with E-state index in [0.717, 1.165) is 43.7 Å². The molecule has 0 unspecified atom stereocenters. The van der Waals surface area contributed by atoms with Crippen molar-refractivity contribution in [3.8, 4) is 0 Å². The number of allylic oxidation sites excluding steroid dienone is 1. The quantitative estimate of drug-likeness (QED) is 0.486. The zero-order valence-corrected chi connectivity index (χ0v) is 15.8. The van der Waals surface area contributed by atoms with Gasteiger partial charge in [-0.25, -0.2) is 0 Å². The van der Waals surface area contributed by atoms with Gasteiger partial charge in [0.1, 0.15) is 0 Å². The van der Waals surface area contributed by atoms with E-state index in [4.69, 9.17) is 0 Å². The Morgan fingerprint density at radius 1 is 0.630 bits per heavy atom. The van der Waals surface area contributed by atoms with Crippen molar-refractivity contribution in [3.05, 3.63) is 114 Å². The molecule has 2 heteroatoms. The Balaban J connectivity index is 1.36. The number of hydrogen-bond donors (Lipinski definition) is 2. The van der Waals surface area contributed by atoms with Gasteiger partial charge in [0.05, 0.1) is 0 Å². The lowest BCUT2D eigenvalue weighted by molar-refractivity contribution is 0.682. The first-order valence-electron chi connectivity index (χ1n) is 9.62. The molecule has 2 nitrogen and oxygen atoms in total. The van der Waals surface area contributed by atoms with Gasteiger partial charge >= 0.3 is 0 Å². The van der Waals surface area contributed by atoms with Gasteiger partial charge in [0.2, 0.25) is 0 Å². The lowest BCUT2D eigenvalue weighted by atomic mass is 10.1. The highest BCUT2D eigenvalue weighted by atomic mass is 14.9. The topological polar surface area (TPSA) is 24.1 Å². The van der Waals surface area contributed by atoms with Crippen molar-refractivity contribution < 1.29 is 0 Å². The van der Waals surface area contributed by atoms with E-state index in [1.165, 1.54) is 16.7 Å². The van der Waals surface area contributed by atoms with Crippen molar-refractivity contribution in [2.24, 2.45) is 0 Å². The molecule has 0 radical (unpaired) electrons. The zero-order chi connectivity index (χ0) is 18.7. The van der Waals surface area contributed by atoms with Gasteiger partial charge in [-0.05, 0) is 54.8 Å². The van der Waals surface area contributed by atoms with Gasteiger partial charge in [0.25, 0.3) is 0 Å². The number of nitrogens with one attached hydrogen (secondary N) is 2. The summed E-state index contributed by atoms with van der Waals surface area (Å²) in [5.41, 5.74) is 6.11. The van der Waals surface area contributed by atoms with Gasteiger partial charge in [-0.3, -0.25) is 0 Å². The van der Waals surface area contributed by atoms with E-state index < -0.39 is 0 Å². The van der Waals surface area contributed by atoms with Gasteiger partial charge in [-0.15, -0.1) is 0 Å². The van der Waals surface area contributed by atoms with Gasteiger partial charge in [-0.2, -0.15) is 0 Å². The van der Waals surface area contributed by atoms with Crippen LogP contribution in [0.25, 0.3) is 0 Å². The molecule has 138 valence electrons. The summed E-state index contributed by atoms with van der Waals surface area (Å²) in [7, 11) is 0. The number of hydrogen-bond acceptors (Lipinski definition) is 2. The molecule has 3 rings (SSSR count). The molecular weight excluding hydrogens is 328 g/mol. The lowest BCUT2D eigenvalue weighted by Gasteiger charge is -2.11. The van der Waals surface area contributed by atoms with Crippen molar-refractivity contribution in [2.45, 2.75) is 19.3 Å². The summed E-state index contributed by atoms with van der Waals surface area (Å²) in [6.45, 7) is 6.16. The van der Waals surface area contributed by atoms with Crippen LogP contribution in [-0.2, 0) is 19.3 Å². The molecule has 0 fully saturated rings. The van der Waals surface area contributed by atoms with Crippen LogP contribution in [-0.4, -0.2) is 13.1 Å². The maximum Gasteiger partial charge on any atom is 0.0381 e. The molecule has 0 aliphatic rings. The third-order valence-electron chi connectivity index (χ3n) is 4.56. The molecule has 0 saturated carbocycles. The minimum atomic E-state index is 0.841. The first-order chi connectivity index (χ1) is 13.3. The van der Waals surface area contributed by atoms with Gasteiger partial charge in [0.15, 0.2) is 0 Å². The van der Waals surface area contributed by atoms with Crippen molar-refractivity contribution >= 4 is 5.69 Å².